The van der Waals surface area contributed by atoms with Gasteiger partial charge in [0.2, 0.25) is 0 Å². The van der Waals surface area contributed by atoms with Crippen LogP contribution in [0.15, 0.2) is 40.4 Å². The van der Waals surface area contributed by atoms with E-state index < -0.39 is 0 Å². The van der Waals surface area contributed by atoms with Crippen molar-refractivity contribution >= 4 is 27.5 Å². The number of benzene rings is 2. The first-order valence-corrected chi connectivity index (χ1v) is 11.3. The Morgan fingerprint density at radius 2 is 2.03 bits per heavy atom. The topological polar surface area (TPSA) is 29.5 Å². The molecule has 4 rings (SSSR count). The molecule has 0 saturated heterocycles. The largest absolute Gasteiger partial charge is 0.469 e. The van der Waals surface area contributed by atoms with E-state index in [0.717, 1.165) is 38.7 Å². The summed E-state index contributed by atoms with van der Waals surface area (Å²) >= 11 is 3.55. The number of ether oxygens (including phenoxy) is 1. The first kappa shape index (κ1) is 22.2. The summed E-state index contributed by atoms with van der Waals surface area (Å²) in [5.41, 5.74) is 5.64. The Morgan fingerprint density at radius 3 is 2.74 bits per heavy atom. The van der Waals surface area contributed by atoms with Crippen LogP contribution in [0.25, 0.3) is 5.57 Å². The smallest absolute Gasteiger partial charge is 0.309 e. The first-order valence-electron chi connectivity index (χ1n) is 10.5. The van der Waals surface area contributed by atoms with Gasteiger partial charge in [-0.1, -0.05) is 28.9 Å². The minimum Gasteiger partial charge on any atom is -0.469 e. The Morgan fingerprint density at radius 1 is 1.29 bits per heavy atom. The molecule has 0 amide bonds. The molecule has 0 fully saturated rings. The van der Waals surface area contributed by atoms with Gasteiger partial charge in [0.15, 0.2) is 0 Å². The molecule has 3 nitrogen and oxygen atoms in total. The van der Waals surface area contributed by atoms with E-state index in [4.69, 9.17) is 4.74 Å². The Kier molecular flexibility index (Phi) is 6.05. The molecule has 2 aliphatic rings. The highest BCUT2D eigenvalue weighted by molar-refractivity contribution is 9.10. The summed E-state index contributed by atoms with van der Waals surface area (Å²) in [5.74, 6) is -1.17. The minimum absolute atomic E-state index is 0.0443. The van der Waals surface area contributed by atoms with Gasteiger partial charge in [-0.3, -0.25) is 9.69 Å². The zero-order valence-corrected chi connectivity index (χ0v) is 19.7. The molecule has 1 aliphatic carbocycles. The van der Waals surface area contributed by atoms with E-state index in [1.807, 2.05) is 19.9 Å². The zero-order chi connectivity index (χ0) is 22.4. The summed E-state index contributed by atoms with van der Waals surface area (Å²) < 4.78 is 35.1. The van der Waals surface area contributed by atoms with Crippen molar-refractivity contribution in [2.24, 2.45) is 5.92 Å². The van der Waals surface area contributed by atoms with Crippen LogP contribution in [0.4, 0.5) is 8.78 Å². The number of halogens is 3. The van der Waals surface area contributed by atoms with Gasteiger partial charge in [-0.15, -0.1) is 0 Å². The average Bonchev–Trinajstić information content (AvgIpc) is 3.09. The van der Waals surface area contributed by atoms with E-state index in [2.05, 4.69) is 27.8 Å². The van der Waals surface area contributed by atoms with Gasteiger partial charge in [0.05, 0.1) is 19.1 Å². The summed E-state index contributed by atoms with van der Waals surface area (Å²) in [6.07, 6.45) is 1.38. The van der Waals surface area contributed by atoms with Crippen molar-refractivity contribution in [1.82, 2.24) is 4.90 Å². The third-order valence-corrected chi connectivity index (χ3v) is 7.51. The number of rotatable bonds is 4. The predicted octanol–water partition coefficient (Wildman–Crippen LogP) is 5.99. The Balaban J connectivity index is 1.88. The molecular formula is C25H26BrF2NO2. The van der Waals surface area contributed by atoms with E-state index >= 15 is 4.39 Å². The van der Waals surface area contributed by atoms with Crippen LogP contribution in [-0.4, -0.2) is 30.6 Å². The van der Waals surface area contributed by atoms with E-state index in [1.165, 1.54) is 19.2 Å². The third kappa shape index (κ3) is 3.85. The third-order valence-electron chi connectivity index (χ3n) is 6.65. The Labute approximate surface area is 190 Å². The number of carbonyl (C=O) groups excluding carboxylic acids is 1. The summed E-state index contributed by atoms with van der Waals surface area (Å²) in [6.45, 7) is 6.28. The number of esters is 1. The maximum absolute atomic E-state index is 15.3. The fourth-order valence-corrected chi connectivity index (χ4v) is 5.41. The lowest BCUT2D eigenvalue weighted by molar-refractivity contribution is -0.145. The van der Waals surface area contributed by atoms with Crippen LogP contribution in [0.5, 0.6) is 0 Å². The van der Waals surface area contributed by atoms with E-state index in [9.17, 15) is 9.18 Å². The summed E-state index contributed by atoms with van der Waals surface area (Å²) in [5, 5.41) is 0. The van der Waals surface area contributed by atoms with Crippen LogP contribution < -0.4 is 0 Å². The number of hydrogen-bond donors (Lipinski definition) is 0. The molecule has 3 atom stereocenters. The number of methoxy groups -OCH3 is 1. The van der Waals surface area contributed by atoms with Gasteiger partial charge >= 0.3 is 5.97 Å². The molecule has 2 aromatic carbocycles. The maximum atomic E-state index is 15.3. The maximum Gasteiger partial charge on any atom is 0.309 e. The van der Waals surface area contributed by atoms with Crippen LogP contribution in [0.1, 0.15) is 48.6 Å². The van der Waals surface area contributed by atoms with Crippen LogP contribution >= 0.6 is 15.9 Å². The highest BCUT2D eigenvalue weighted by Gasteiger charge is 2.41. The molecule has 0 aromatic heterocycles. The van der Waals surface area contributed by atoms with Gasteiger partial charge in [0.1, 0.15) is 11.6 Å². The Hall–Kier alpha value is -2.05. The second-order valence-electron chi connectivity index (χ2n) is 8.63. The quantitative estimate of drug-likeness (QED) is 0.494. The van der Waals surface area contributed by atoms with Crippen LogP contribution in [-0.2, 0) is 16.0 Å². The lowest BCUT2D eigenvalue weighted by Crippen LogP contribution is -2.45. The number of fused-ring (bicyclic) bond motifs is 2. The molecular weight excluding hydrogens is 464 g/mol. The molecule has 1 aliphatic heterocycles. The van der Waals surface area contributed by atoms with Crippen molar-refractivity contribution in [2.45, 2.75) is 45.7 Å². The highest BCUT2D eigenvalue weighted by atomic mass is 79.9. The van der Waals surface area contributed by atoms with Gasteiger partial charge < -0.3 is 4.74 Å². The van der Waals surface area contributed by atoms with Gasteiger partial charge in [-0.2, -0.15) is 0 Å². The molecule has 0 unspecified atom stereocenters. The number of hydrogen-bond acceptors (Lipinski definition) is 3. The van der Waals surface area contributed by atoms with Crippen LogP contribution in [0.2, 0.25) is 0 Å². The molecule has 1 heterocycles. The van der Waals surface area contributed by atoms with Crippen molar-refractivity contribution in [2.75, 3.05) is 13.7 Å². The SMILES string of the molecule is COC(=O)[C@@H](C)CN1[C@H](C)CC2=C(Cc3ccc(F)cc32)[C@H]1c1c(F)ccc(Br)c1C. The van der Waals surface area contributed by atoms with Crippen molar-refractivity contribution < 1.29 is 18.3 Å². The summed E-state index contributed by atoms with van der Waals surface area (Å²) in [7, 11) is 1.39. The standard InChI is InChI=1S/C25H26BrF2NO2/c1-13(25(30)31-4)12-29-14(2)9-19-18-11-17(27)6-5-16(18)10-20(19)24(29)23-15(3)21(26)7-8-22(23)28/h5-8,11,13-14,24H,9-10,12H2,1-4H3/t13-,14+,24-/m0/s1. The molecule has 0 spiro atoms. The normalized spacial score (nSPS) is 21.6. The molecule has 0 saturated carbocycles. The van der Waals surface area contributed by atoms with Crippen LogP contribution in [0, 0.1) is 24.5 Å². The first-order chi connectivity index (χ1) is 14.7. The van der Waals surface area contributed by atoms with Crippen molar-refractivity contribution in [3.63, 3.8) is 0 Å². The molecule has 2 aromatic rings. The number of nitrogens with zero attached hydrogens (tertiary/aromatic N) is 1. The van der Waals surface area contributed by atoms with Crippen molar-refractivity contribution in [3.05, 3.63) is 74.3 Å². The highest BCUT2D eigenvalue weighted by Crippen LogP contribution is 2.50. The van der Waals surface area contributed by atoms with E-state index in [-0.39, 0.29) is 35.6 Å². The van der Waals surface area contributed by atoms with Crippen molar-refractivity contribution in [3.8, 4) is 0 Å². The second-order valence-corrected chi connectivity index (χ2v) is 9.48. The fourth-order valence-electron chi connectivity index (χ4n) is 5.06. The lowest BCUT2D eigenvalue weighted by atomic mass is 9.83. The molecule has 31 heavy (non-hydrogen) atoms. The monoisotopic (exact) mass is 489 g/mol. The van der Waals surface area contributed by atoms with Gasteiger partial charge in [-0.05, 0) is 78.8 Å². The number of carbonyl (C=O) groups is 1. The molecule has 164 valence electrons. The summed E-state index contributed by atoms with van der Waals surface area (Å²) in [4.78, 5) is 14.4. The fraction of sp³-hybridized carbons (Fsp3) is 0.400. The Bertz CT molecular complexity index is 1080. The lowest BCUT2D eigenvalue weighted by Gasteiger charge is -2.43. The second kappa shape index (κ2) is 8.47. The summed E-state index contributed by atoms with van der Waals surface area (Å²) in [6, 6.07) is 7.82. The predicted molar refractivity (Wildman–Crippen MR) is 121 cm³/mol. The van der Waals surface area contributed by atoms with Gasteiger partial charge in [-0.25, -0.2) is 8.78 Å². The molecule has 0 bridgehead atoms. The van der Waals surface area contributed by atoms with Gasteiger partial charge in [0, 0.05) is 22.6 Å². The van der Waals surface area contributed by atoms with E-state index in [1.54, 1.807) is 12.1 Å². The van der Waals surface area contributed by atoms with Gasteiger partial charge in [0.25, 0.3) is 0 Å². The zero-order valence-electron chi connectivity index (χ0n) is 18.1. The molecule has 0 radical (unpaired) electrons. The van der Waals surface area contributed by atoms with Crippen molar-refractivity contribution in [1.29, 1.82) is 0 Å². The minimum atomic E-state index is -0.353. The average molecular weight is 490 g/mol. The van der Waals surface area contributed by atoms with E-state index in [0.29, 0.717) is 18.5 Å². The molecule has 6 heteroatoms. The van der Waals surface area contributed by atoms with Crippen LogP contribution in [0.3, 0.4) is 0 Å². The molecule has 0 N–H and O–H groups in total.